The Morgan fingerprint density at radius 2 is 2.19 bits per heavy atom. The molecule has 1 saturated carbocycles. The molecule has 5 nitrogen and oxygen atoms in total. The Labute approximate surface area is 134 Å². The summed E-state index contributed by atoms with van der Waals surface area (Å²) in [5.41, 5.74) is -0.446. The van der Waals surface area contributed by atoms with Crippen LogP contribution in [0.5, 0.6) is 0 Å². The van der Waals surface area contributed by atoms with E-state index in [0.717, 1.165) is 23.3 Å². The predicted octanol–water partition coefficient (Wildman–Crippen LogP) is 3.53. The number of rotatable bonds is 6. The molecule has 0 bridgehead atoms. The largest absolute Gasteiger partial charge is 0.453 e. The average molecular weight is 359 g/mol. The second kappa shape index (κ2) is 6.83. The maximum atomic E-state index is 12.2. The van der Waals surface area contributed by atoms with Gasteiger partial charge in [-0.15, -0.1) is 0 Å². The van der Waals surface area contributed by atoms with Gasteiger partial charge in [0.05, 0.1) is 6.54 Å². The van der Waals surface area contributed by atoms with Crippen molar-refractivity contribution in [2.75, 3.05) is 13.1 Å². The van der Waals surface area contributed by atoms with Crippen molar-refractivity contribution in [2.24, 2.45) is 0 Å². The fraction of sp³-hybridized carbons (Fsp3) is 0.667. The van der Waals surface area contributed by atoms with Crippen molar-refractivity contribution >= 4 is 22.0 Å². The highest BCUT2D eigenvalue weighted by Gasteiger charge is 2.34. The number of nitrogens with one attached hydrogen (secondary N) is 1. The van der Waals surface area contributed by atoms with Crippen molar-refractivity contribution in [3.05, 3.63) is 22.6 Å². The van der Waals surface area contributed by atoms with Gasteiger partial charge in [-0.3, -0.25) is 0 Å². The number of ether oxygens (including phenoxy) is 1. The highest BCUT2D eigenvalue weighted by atomic mass is 79.9. The molecule has 21 heavy (non-hydrogen) atoms. The summed E-state index contributed by atoms with van der Waals surface area (Å²) in [4.78, 5) is 14.0. The van der Waals surface area contributed by atoms with E-state index in [1.165, 1.54) is 0 Å². The zero-order valence-corrected chi connectivity index (χ0v) is 14.4. The van der Waals surface area contributed by atoms with Crippen LogP contribution >= 0.6 is 15.9 Å². The quantitative estimate of drug-likeness (QED) is 0.790. The van der Waals surface area contributed by atoms with E-state index in [0.29, 0.717) is 25.7 Å². The molecule has 1 amide bonds. The van der Waals surface area contributed by atoms with E-state index in [9.17, 15) is 4.79 Å². The SMILES string of the molecule is CC(C)(C)OC(=O)N(CCNCc1ccc(Br)o1)C1CC1. The van der Waals surface area contributed by atoms with Gasteiger partial charge in [0.1, 0.15) is 11.4 Å². The summed E-state index contributed by atoms with van der Waals surface area (Å²) in [7, 11) is 0. The Balaban J connectivity index is 1.74. The van der Waals surface area contributed by atoms with Crippen molar-refractivity contribution in [3.8, 4) is 0 Å². The number of carbonyl (C=O) groups excluding carboxylic acids is 1. The van der Waals surface area contributed by atoms with E-state index >= 15 is 0 Å². The Morgan fingerprint density at radius 1 is 1.48 bits per heavy atom. The third-order valence-electron chi connectivity index (χ3n) is 3.07. The van der Waals surface area contributed by atoms with Crippen LogP contribution in [0.3, 0.4) is 0 Å². The Kier molecular flexibility index (Phi) is 5.32. The zero-order chi connectivity index (χ0) is 15.5. The second-order valence-electron chi connectivity index (χ2n) is 6.29. The van der Waals surface area contributed by atoms with Crippen LogP contribution in [0, 0.1) is 0 Å². The maximum Gasteiger partial charge on any atom is 0.410 e. The molecule has 2 rings (SSSR count). The molecule has 118 valence electrons. The third-order valence-corrected chi connectivity index (χ3v) is 3.50. The molecule has 1 aromatic rings. The van der Waals surface area contributed by atoms with Gasteiger partial charge in [0.25, 0.3) is 0 Å². The summed E-state index contributed by atoms with van der Waals surface area (Å²) < 4.78 is 11.6. The number of nitrogens with zero attached hydrogens (tertiary/aromatic N) is 1. The van der Waals surface area contributed by atoms with Gasteiger partial charge in [-0.1, -0.05) is 0 Å². The summed E-state index contributed by atoms with van der Waals surface area (Å²) in [6, 6.07) is 4.14. The summed E-state index contributed by atoms with van der Waals surface area (Å²) in [5.74, 6) is 0.872. The van der Waals surface area contributed by atoms with Crippen LogP contribution in [-0.4, -0.2) is 35.7 Å². The molecule has 6 heteroatoms. The molecule has 1 N–H and O–H groups in total. The Morgan fingerprint density at radius 3 is 2.71 bits per heavy atom. The number of furan rings is 1. The summed E-state index contributed by atoms with van der Waals surface area (Å²) in [6.07, 6.45) is 1.93. The van der Waals surface area contributed by atoms with Crippen molar-refractivity contribution in [1.82, 2.24) is 10.2 Å². The maximum absolute atomic E-state index is 12.2. The number of carbonyl (C=O) groups is 1. The molecule has 1 aliphatic carbocycles. The molecular weight excluding hydrogens is 336 g/mol. The molecule has 0 saturated heterocycles. The lowest BCUT2D eigenvalue weighted by molar-refractivity contribution is 0.0236. The first-order chi connectivity index (χ1) is 9.85. The lowest BCUT2D eigenvalue weighted by Gasteiger charge is -2.27. The lowest BCUT2D eigenvalue weighted by atomic mass is 10.2. The Bertz CT molecular complexity index is 478. The average Bonchev–Trinajstić information content (AvgIpc) is 3.10. The molecule has 0 atom stereocenters. The van der Waals surface area contributed by atoms with E-state index in [-0.39, 0.29) is 6.09 Å². The predicted molar refractivity (Wildman–Crippen MR) is 84.1 cm³/mol. The molecule has 0 radical (unpaired) electrons. The minimum absolute atomic E-state index is 0.215. The molecule has 1 fully saturated rings. The molecular formula is C15H23BrN2O3. The van der Waals surface area contributed by atoms with Crippen LogP contribution in [0.15, 0.2) is 21.2 Å². The lowest BCUT2D eigenvalue weighted by Crippen LogP contribution is -2.41. The fourth-order valence-corrected chi connectivity index (χ4v) is 2.33. The fourth-order valence-electron chi connectivity index (χ4n) is 1.99. The summed E-state index contributed by atoms with van der Waals surface area (Å²) in [5, 5.41) is 3.28. The van der Waals surface area contributed by atoms with Gasteiger partial charge in [0.15, 0.2) is 4.67 Å². The molecule has 0 aromatic carbocycles. The van der Waals surface area contributed by atoms with E-state index < -0.39 is 5.60 Å². The molecule has 0 spiro atoms. The van der Waals surface area contributed by atoms with Gasteiger partial charge in [-0.25, -0.2) is 4.79 Å². The van der Waals surface area contributed by atoms with Crippen molar-refractivity contribution < 1.29 is 13.9 Å². The van der Waals surface area contributed by atoms with Crippen molar-refractivity contribution in [2.45, 2.75) is 51.8 Å². The topological polar surface area (TPSA) is 54.7 Å². The number of hydrogen-bond donors (Lipinski definition) is 1. The van der Waals surface area contributed by atoms with Crippen LogP contribution in [-0.2, 0) is 11.3 Å². The van der Waals surface area contributed by atoms with Crippen LogP contribution in [0.1, 0.15) is 39.4 Å². The van der Waals surface area contributed by atoms with Crippen LogP contribution in [0.4, 0.5) is 4.79 Å². The highest BCUT2D eigenvalue weighted by Crippen LogP contribution is 2.28. The van der Waals surface area contributed by atoms with Gasteiger partial charge in [-0.05, 0) is 61.7 Å². The molecule has 0 aliphatic heterocycles. The monoisotopic (exact) mass is 358 g/mol. The van der Waals surface area contributed by atoms with Crippen LogP contribution < -0.4 is 5.32 Å². The first-order valence-electron chi connectivity index (χ1n) is 7.30. The molecule has 0 unspecified atom stereocenters. The normalized spacial score (nSPS) is 15.0. The second-order valence-corrected chi connectivity index (χ2v) is 7.07. The van der Waals surface area contributed by atoms with Gasteiger partial charge in [0.2, 0.25) is 0 Å². The number of hydrogen-bond acceptors (Lipinski definition) is 4. The Hall–Kier alpha value is -1.01. The minimum atomic E-state index is -0.446. The number of amides is 1. The zero-order valence-electron chi connectivity index (χ0n) is 12.8. The standard InChI is InChI=1S/C15H23BrN2O3/c1-15(2,3)21-14(19)18(11-4-5-11)9-8-17-10-12-6-7-13(16)20-12/h6-7,11,17H,4-5,8-10H2,1-3H3. The summed E-state index contributed by atoms with van der Waals surface area (Å²) >= 11 is 3.27. The highest BCUT2D eigenvalue weighted by molar-refractivity contribution is 9.10. The first-order valence-corrected chi connectivity index (χ1v) is 8.09. The smallest absolute Gasteiger partial charge is 0.410 e. The first kappa shape index (κ1) is 16.4. The van der Waals surface area contributed by atoms with E-state index in [2.05, 4.69) is 21.2 Å². The number of halogens is 1. The van der Waals surface area contributed by atoms with Gasteiger partial charge >= 0.3 is 6.09 Å². The van der Waals surface area contributed by atoms with Gasteiger partial charge < -0.3 is 19.4 Å². The molecule has 1 heterocycles. The van der Waals surface area contributed by atoms with E-state index in [4.69, 9.17) is 9.15 Å². The molecule has 1 aromatic heterocycles. The van der Waals surface area contributed by atoms with Gasteiger partial charge in [0, 0.05) is 19.1 Å². The van der Waals surface area contributed by atoms with Gasteiger partial charge in [-0.2, -0.15) is 0 Å². The van der Waals surface area contributed by atoms with Crippen molar-refractivity contribution in [3.63, 3.8) is 0 Å². The van der Waals surface area contributed by atoms with E-state index in [1.807, 2.05) is 37.8 Å². The van der Waals surface area contributed by atoms with Crippen LogP contribution in [0.25, 0.3) is 0 Å². The van der Waals surface area contributed by atoms with Crippen LogP contribution in [0.2, 0.25) is 0 Å². The minimum Gasteiger partial charge on any atom is -0.453 e. The van der Waals surface area contributed by atoms with E-state index in [1.54, 1.807) is 0 Å². The van der Waals surface area contributed by atoms with Crippen molar-refractivity contribution in [1.29, 1.82) is 0 Å². The summed E-state index contributed by atoms with van der Waals surface area (Å²) in [6.45, 7) is 7.70. The third kappa shape index (κ3) is 5.71. The molecule has 1 aliphatic rings.